The minimum absolute atomic E-state index is 0.309. The van der Waals surface area contributed by atoms with Crippen LogP contribution in [0.3, 0.4) is 0 Å². The highest BCUT2D eigenvalue weighted by Crippen LogP contribution is 2.51. The number of benzene rings is 2. The van der Waals surface area contributed by atoms with E-state index in [9.17, 15) is 5.11 Å². The number of hydrogen-bond acceptors (Lipinski definition) is 2. The quantitative estimate of drug-likeness (QED) is 0.810. The molecule has 2 N–H and O–H groups in total. The highest BCUT2D eigenvalue weighted by molar-refractivity contribution is 6.36. The number of nitrogens with one attached hydrogen (secondary N) is 1. The van der Waals surface area contributed by atoms with Crippen molar-refractivity contribution in [3.05, 3.63) is 57.6 Å². The second kappa shape index (κ2) is 5.54. The molecule has 0 spiro atoms. The van der Waals surface area contributed by atoms with Crippen molar-refractivity contribution < 1.29 is 5.11 Å². The van der Waals surface area contributed by atoms with Crippen LogP contribution < -0.4 is 5.32 Å². The van der Waals surface area contributed by atoms with Gasteiger partial charge in [0.25, 0.3) is 0 Å². The largest absolute Gasteiger partial charge is 0.388 e. The minimum atomic E-state index is -0.412. The van der Waals surface area contributed by atoms with Gasteiger partial charge in [-0.15, -0.1) is 0 Å². The van der Waals surface area contributed by atoms with E-state index in [1.807, 2.05) is 18.2 Å². The molecule has 1 heterocycles. The monoisotopic (exact) mass is 333 g/mol. The Morgan fingerprint density at radius 3 is 2.77 bits per heavy atom. The van der Waals surface area contributed by atoms with Gasteiger partial charge in [-0.25, -0.2) is 0 Å². The maximum atomic E-state index is 10.9. The van der Waals surface area contributed by atoms with Gasteiger partial charge in [-0.1, -0.05) is 47.5 Å². The second-order valence-corrected chi connectivity index (χ2v) is 6.98. The summed E-state index contributed by atoms with van der Waals surface area (Å²) in [5.74, 6) is 0.702. The summed E-state index contributed by atoms with van der Waals surface area (Å²) in [6.45, 7) is 1.91. The Balaban J connectivity index is 1.88. The molecule has 4 rings (SSSR count). The van der Waals surface area contributed by atoms with E-state index < -0.39 is 6.10 Å². The summed E-state index contributed by atoms with van der Waals surface area (Å²) in [7, 11) is 0. The van der Waals surface area contributed by atoms with Crippen LogP contribution in [-0.2, 0) is 0 Å². The van der Waals surface area contributed by atoms with E-state index in [1.54, 1.807) is 6.07 Å². The summed E-state index contributed by atoms with van der Waals surface area (Å²) in [6, 6.07) is 11.8. The molecular weight excluding hydrogens is 317 g/mol. The fraction of sp³-hybridized carbons (Fsp3) is 0.333. The van der Waals surface area contributed by atoms with Crippen LogP contribution in [0.1, 0.15) is 29.6 Å². The van der Waals surface area contributed by atoms with Crippen molar-refractivity contribution in [2.45, 2.75) is 18.4 Å². The summed E-state index contributed by atoms with van der Waals surface area (Å²) in [6.07, 6.45) is 0.596. The summed E-state index contributed by atoms with van der Waals surface area (Å²) in [4.78, 5) is 0. The molecule has 1 aliphatic heterocycles. The van der Waals surface area contributed by atoms with E-state index in [2.05, 4.69) is 17.4 Å². The molecule has 1 aliphatic carbocycles. The van der Waals surface area contributed by atoms with Crippen molar-refractivity contribution >= 4 is 23.2 Å². The van der Waals surface area contributed by atoms with Crippen molar-refractivity contribution in [2.24, 2.45) is 5.92 Å². The van der Waals surface area contributed by atoms with Gasteiger partial charge < -0.3 is 10.4 Å². The number of aliphatic hydroxyl groups is 1. The maximum absolute atomic E-state index is 10.9. The van der Waals surface area contributed by atoms with Crippen LogP contribution >= 0.6 is 23.2 Å². The van der Waals surface area contributed by atoms with Gasteiger partial charge >= 0.3 is 0 Å². The van der Waals surface area contributed by atoms with E-state index in [4.69, 9.17) is 23.2 Å². The van der Waals surface area contributed by atoms with E-state index in [0.29, 0.717) is 21.9 Å². The number of fused-ring (bicyclic) bond motifs is 3. The zero-order chi connectivity index (χ0) is 15.3. The van der Waals surface area contributed by atoms with Gasteiger partial charge in [-0.05, 0) is 47.7 Å². The Labute approximate surface area is 140 Å². The molecule has 0 amide bonds. The first-order valence-electron chi connectivity index (χ1n) is 7.64. The lowest BCUT2D eigenvalue weighted by Gasteiger charge is -2.28. The SMILES string of the molecule is O[C@@H]1c2c(-c3ccc(Cl)cc3Cl)cccc2C2CNCC[C@H]21. The fourth-order valence-corrected chi connectivity index (χ4v) is 4.50. The molecule has 1 fully saturated rings. The van der Waals surface area contributed by atoms with Crippen LogP contribution in [0, 0.1) is 5.92 Å². The first kappa shape index (κ1) is 14.5. The van der Waals surface area contributed by atoms with Gasteiger partial charge in [0.05, 0.1) is 6.10 Å². The van der Waals surface area contributed by atoms with E-state index in [0.717, 1.165) is 36.2 Å². The Kier molecular flexibility index (Phi) is 3.66. The average molecular weight is 334 g/mol. The molecule has 4 heteroatoms. The first-order chi connectivity index (χ1) is 10.7. The molecule has 2 aromatic rings. The first-order valence-corrected chi connectivity index (χ1v) is 8.39. The van der Waals surface area contributed by atoms with E-state index in [1.165, 1.54) is 5.56 Å². The standard InChI is InChI=1S/C18H17Cl2NO/c19-10-4-5-11(16(20)8-10)12-2-1-3-13-15-9-21-7-6-14(15)18(22)17(12)13/h1-5,8,14-15,18,21-22H,6-7,9H2/t14-,15?,18+/m1/s1. The van der Waals surface area contributed by atoms with Gasteiger partial charge in [0.2, 0.25) is 0 Å². The Morgan fingerprint density at radius 2 is 1.95 bits per heavy atom. The van der Waals surface area contributed by atoms with Crippen LogP contribution in [0.2, 0.25) is 10.0 Å². The zero-order valence-electron chi connectivity index (χ0n) is 12.0. The van der Waals surface area contributed by atoms with Crippen LogP contribution in [0.25, 0.3) is 11.1 Å². The molecule has 1 unspecified atom stereocenters. The highest BCUT2D eigenvalue weighted by atomic mass is 35.5. The zero-order valence-corrected chi connectivity index (χ0v) is 13.5. The Morgan fingerprint density at radius 1 is 1.09 bits per heavy atom. The lowest BCUT2D eigenvalue weighted by molar-refractivity contribution is 0.0956. The molecule has 2 nitrogen and oxygen atoms in total. The van der Waals surface area contributed by atoms with Crippen LogP contribution in [0.15, 0.2) is 36.4 Å². The molecule has 2 aliphatic rings. The molecule has 0 radical (unpaired) electrons. The molecule has 0 bridgehead atoms. The molecule has 2 aromatic carbocycles. The predicted octanol–water partition coefficient (Wildman–Crippen LogP) is 4.40. The molecule has 1 saturated heterocycles. The fourth-order valence-electron chi connectivity index (χ4n) is 3.99. The minimum Gasteiger partial charge on any atom is -0.388 e. The maximum Gasteiger partial charge on any atom is 0.0833 e. The third-order valence-electron chi connectivity index (χ3n) is 5.00. The third kappa shape index (κ3) is 2.17. The molecule has 0 saturated carbocycles. The summed E-state index contributed by atoms with van der Waals surface area (Å²) < 4.78 is 0. The Bertz CT molecular complexity index is 731. The van der Waals surface area contributed by atoms with Gasteiger partial charge in [-0.2, -0.15) is 0 Å². The van der Waals surface area contributed by atoms with Gasteiger partial charge in [-0.3, -0.25) is 0 Å². The lowest BCUT2D eigenvalue weighted by Crippen LogP contribution is -2.34. The van der Waals surface area contributed by atoms with Crippen LogP contribution in [0.4, 0.5) is 0 Å². The topological polar surface area (TPSA) is 32.3 Å². The molecular formula is C18H17Cl2NO. The number of rotatable bonds is 1. The van der Waals surface area contributed by atoms with Gasteiger partial charge in [0.1, 0.15) is 0 Å². The number of piperidine rings is 1. The van der Waals surface area contributed by atoms with Crippen LogP contribution in [0.5, 0.6) is 0 Å². The van der Waals surface area contributed by atoms with Crippen LogP contribution in [-0.4, -0.2) is 18.2 Å². The van der Waals surface area contributed by atoms with Crippen molar-refractivity contribution in [1.29, 1.82) is 0 Å². The highest BCUT2D eigenvalue weighted by Gasteiger charge is 2.42. The Hall–Kier alpha value is -1.06. The average Bonchev–Trinajstić information content (AvgIpc) is 2.82. The van der Waals surface area contributed by atoms with E-state index in [-0.39, 0.29) is 0 Å². The number of halogens is 2. The normalized spacial score (nSPS) is 26.6. The number of aliphatic hydroxyl groups excluding tert-OH is 1. The van der Waals surface area contributed by atoms with Crippen molar-refractivity contribution in [3.63, 3.8) is 0 Å². The summed E-state index contributed by atoms with van der Waals surface area (Å²) >= 11 is 12.4. The molecule has 114 valence electrons. The van der Waals surface area contributed by atoms with Gasteiger partial charge in [0.15, 0.2) is 0 Å². The predicted molar refractivity (Wildman–Crippen MR) is 90.6 cm³/mol. The number of hydrogen-bond donors (Lipinski definition) is 2. The summed E-state index contributed by atoms with van der Waals surface area (Å²) in [5.41, 5.74) is 4.27. The van der Waals surface area contributed by atoms with Gasteiger partial charge in [0, 0.05) is 28.1 Å². The van der Waals surface area contributed by atoms with Crippen molar-refractivity contribution in [3.8, 4) is 11.1 Å². The summed E-state index contributed by atoms with van der Waals surface area (Å²) in [5, 5.41) is 15.6. The van der Waals surface area contributed by atoms with Crippen molar-refractivity contribution in [2.75, 3.05) is 13.1 Å². The molecule has 22 heavy (non-hydrogen) atoms. The lowest BCUT2D eigenvalue weighted by atomic mass is 9.86. The van der Waals surface area contributed by atoms with E-state index >= 15 is 0 Å². The van der Waals surface area contributed by atoms with Crippen molar-refractivity contribution in [1.82, 2.24) is 5.32 Å². The smallest absolute Gasteiger partial charge is 0.0833 e. The third-order valence-corrected chi connectivity index (χ3v) is 5.55. The molecule has 3 atom stereocenters. The molecule has 0 aromatic heterocycles. The second-order valence-electron chi connectivity index (χ2n) is 6.14.